The molecule has 100 valence electrons. The highest BCUT2D eigenvalue weighted by molar-refractivity contribution is 7.09. The van der Waals surface area contributed by atoms with Gasteiger partial charge in [-0.3, -0.25) is 4.79 Å². The highest BCUT2D eigenvalue weighted by Crippen LogP contribution is 2.17. The van der Waals surface area contributed by atoms with Crippen molar-refractivity contribution in [2.24, 2.45) is 0 Å². The topological polar surface area (TPSA) is 63.2 Å². The number of ether oxygens (including phenoxy) is 1. The maximum Gasteiger partial charge on any atom is 0.239 e. The summed E-state index contributed by atoms with van der Waals surface area (Å²) in [6, 6.07) is -0.233. The zero-order valence-corrected chi connectivity index (χ0v) is 11.5. The van der Waals surface area contributed by atoms with Gasteiger partial charge in [-0.05, 0) is 5.92 Å². The fraction of sp³-hybridized carbons (Fsp3) is 0.667. The molecule has 0 saturated carbocycles. The number of nitrogens with one attached hydrogen (secondary N) is 2. The lowest BCUT2D eigenvalue weighted by Gasteiger charge is -2.22. The van der Waals surface area contributed by atoms with E-state index in [4.69, 9.17) is 4.74 Å². The van der Waals surface area contributed by atoms with Crippen LogP contribution in [0, 0.1) is 0 Å². The van der Waals surface area contributed by atoms with Gasteiger partial charge in [0, 0.05) is 11.9 Å². The molecule has 1 saturated heterocycles. The minimum atomic E-state index is -0.233. The molecule has 0 aliphatic carbocycles. The average molecular weight is 269 g/mol. The molecule has 0 aromatic carbocycles. The summed E-state index contributed by atoms with van der Waals surface area (Å²) < 4.78 is 5.25. The molecule has 1 aliphatic rings. The minimum Gasteiger partial charge on any atom is -0.378 e. The van der Waals surface area contributed by atoms with Crippen LogP contribution in [0.25, 0.3) is 0 Å². The number of amides is 1. The second-order valence-corrected chi connectivity index (χ2v) is 5.56. The largest absolute Gasteiger partial charge is 0.378 e. The Balaban J connectivity index is 1.81. The Kier molecular flexibility index (Phi) is 4.68. The van der Waals surface area contributed by atoms with Gasteiger partial charge in [0.2, 0.25) is 5.91 Å². The van der Waals surface area contributed by atoms with Crippen LogP contribution in [0.2, 0.25) is 0 Å². The number of carbonyl (C=O) groups is 1. The van der Waals surface area contributed by atoms with Gasteiger partial charge in [-0.1, -0.05) is 13.8 Å². The van der Waals surface area contributed by atoms with Gasteiger partial charge in [0.05, 0.1) is 25.5 Å². The van der Waals surface area contributed by atoms with Gasteiger partial charge in [0.25, 0.3) is 0 Å². The van der Waals surface area contributed by atoms with E-state index in [-0.39, 0.29) is 11.9 Å². The molecule has 6 heteroatoms. The molecule has 1 unspecified atom stereocenters. The molecule has 2 rings (SSSR count). The minimum absolute atomic E-state index is 0.0176. The lowest BCUT2D eigenvalue weighted by Crippen LogP contribution is -2.51. The molecule has 1 aromatic rings. The van der Waals surface area contributed by atoms with E-state index in [1.165, 1.54) is 0 Å². The molecule has 1 aliphatic heterocycles. The van der Waals surface area contributed by atoms with Gasteiger partial charge in [0.1, 0.15) is 11.0 Å². The zero-order valence-electron chi connectivity index (χ0n) is 10.7. The standard InChI is InChI=1S/C12H19N3O2S/c1-8(2)10-7-18-11(15-10)5-14-12(16)9-6-17-4-3-13-9/h7-9,13H,3-6H2,1-2H3,(H,14,16). The second-order valence-electron chi connectivity index (χ2n) is 4.62. The molecular formula is C12H19N3O2S. The van der Waals surface area contributed by atoms with Gasteiger partial charge in [0.15, 0.2) is 0 Å². The van der Waals surface area contributed by atoms with E-state index in [0.717, 1.165) is 17.2 Å². The van der Waals surface area contributed by atoms with Crippen molar-refractivity contribution in [3.8, 4) is 0 Å². The van der Waals surface area contributed by atoms with E-state index in [2.05, 4.69) is 29.5 Å². The first kappa shape index (κ1) is 13.5. The van der Waals surface area contributed by atoms with Crippen molar-refractivity contribution in [1.29, 1.82) is 0 Å². The van der Waals surface area contributed by atoms with Crippen LogP contribution in [0.3, 0.4) is 0 Å². The Morgan fingerprint density at radius 3 is 3.17 bits per heavy atom. The Hall–Kier alpha value is -0.980. The normalized spacial score (nSPS) is 20.1. The predicted molar refractivity (Wildman–Crippen MR) is 70.7 cm³/mol. The molecule has 1 atom stereocenters. The van der Waals surface area contributed by atoms with Crippen LogP contribution >= 0.6 is 11.3 Å². The summed E-state index contributed by atoms with van der Waals surface area (Å²) in [7, 11) is 0. The molecule has 0 bridgehead atoms. The van der Waals surface area contributed by atoms with Crippen LogP contribution in [-0.2, 0) is 16.1 Å². The maximum atomic E-state index is 11.8. The van der Waals surface area contributed by atoms with Crippen molar-refractivity contribution in [1.82, 2.24) is 15.6 Å². The van der Waals surface area contributed by atoms with Crippen molar-refractivity contribution < 1.29 is 9.53 Å². The summed E-state index contributed by atoms with van der Waals surface area (Å²) in [6.07, 6.45) is 0. The fourth-order valence-corrected chi connectivity index (χ4v) is 2.59. The first-order valence-corrected chi connectivity index (χ1v) is 7.08. The highest BCUT2D eigenvalue weighted by Gasteiger charge is 2.20. The van der Waals surface area contributed by atoms with Gasteiger partial charge < -0.3 is 15.4 Å². The van der Waals surface area contributed by atoms with Crippen molar-refractivity contribution in [3.05, 3.63) is 16.1 Å². The number of morpholine rings is 1. The van der Waals surface area contributed by atoms with Crippen LogP contribution < -0.4 is 10.6 Å². The molecule has 2 N–H and O–H groups in total. The van der Waals surface area contributed by atoms with Crippen LogP contribution in [0.4, 0.5) is 0 Å². The first-order valence-electron chi connectivity index (χ1n) is 6.20. The number of aromatic nitrogens is 1. The van der Waals surface area contributed by atoms with E-state index in [1.54, 1.807) is 11.3 Å². The third-order valence-electron chi connectivity index (χ3n) is 2.81. The summed E-state index contributed by atoms with van der Waals surface area (Å²) >= 11 is 1.59. The summed E-state index contributed by atoms with van der Waals surface area (Å²) in [5, 5.41) is 9.01. The van der Waals surface area contributed by atoms with Gasteiger partial charge >= 0.3 is 0 Å². The summed E-state index contributed by atoms with van der Waals surface area (Å²) in [4.78, 5) is 16.3. The Bertz CT molecular complexity index is 400. The van der Waals surface area contributed by atoms with Crippen LogP contribution in [-0.4, -0.2) is 36.7 Å². The molecular weight excluding hydrogens is 250 g/mol. The summed E-state index contributed by atoms with van der Waals surface area (Å²) in [5.74, 6) is 0.412. The second kappa shape index (κ2) is 6.26. The first-order chi connectivity index (χ1) is 8.66. The molecule has 0 spiro atoms. The predicted octanol–water partition coefficient (Wildman–Crippen LogP) is 0.871. The number of thiazole rings is 1. The lowest BCUT2D eigenvalue weighted by molar-refractivity contribution is -0.126. The Labute approximate surface area is 111 Å². The van der Waals surface area contributed by atoms with Crippen molar-refractivity contribution >= 4 is 17.2 Å². The zero-order chi connectivity index (χ0) is 13.0. The number of rotatable bonds is 4. The van der Waals surface area contributed by atoms with Crippen LogP contribution in [0.15, 0.2) is 5.38 Å². The van der Waals surface area contributed by atoms with E-state index < -0.39 is 0 Å². The highest BCUT2D eigenvalue weighted by atomic mass is 32.1. The van der Waals surface area contributed by atoms with E-state index in [0.29, 0.717) is 25.7 Å². The molecule has 0 radical (unpaired) electrons. The van der Waals surface area contributed by atoms with E-state index >= 15 is 0 Å². The number of hydrogen-bond donors (Lipinski definition) is 2. The number of carbonyl (C=O) groups excluding carboxylic acids is 1. The Morgan fingerprint density at radius 2 is 2.56 bits per heavy atom. The van der Waals surface area contributed by atoms with Crippen LogP contribution in [0.5, 0.6) is 0 Å². The molecule has 1 amide bonds. The van der Waals surface area contributed by atoms with Crippen molar-refractivity contribution in [2.75, 3.05) is 19.8 Å². The number of nitrogens with zero attached hydrogens (tertiary/aromatic N) is 1. The smallest absolute Gasteiger partial charge is 0.239 e. The van der Waals surface area contributed by atoms with Gasteiger partial charge in [-0.2, -0.15) is 0 Å². The third kappa shape index (κ3) is 3.51. The molecule has 1 fully saturated rings. The lowest BCUT2D eigenvalue weighted by atomic mass is 10.2. The summed E-state index contributed by atoms with van der Waals surface area (Å²) in [5.41, 5.74) is 1.09. The maximum absolute atomic E-state index is 11.8. The quantitative estimate of drug-likeness (QED) is 0.851. The molecule has 1 aromatic heterocycles. The monoisotopic (exact) mass is 269 g/mol. The Morgan fingerprint density at radius 1 is 1.72 bits per heavy atom. The van der Waals surface area contributed by atoms with Crippen molar-refractivity contribution in [2.45, 2.75) is 32.4 Å². The van der Waals surface area contributed by atoms with Crippen molar-refractivity contribution in [3.63, 3.8) is 0 Å². The van der Waals surface area contributed by atoms with E-state index in [9.17, 15) is 4.79 Å². The van der Waals surface area contributed by atoms with Crippen LogP contribution in [0.1, 0.15) is 30.5 Å². The SMILES string of the molecule is CC(C)c1csc(CNC(=O)C2COCCN2)n1. The van der Waals surface area contributed by atoms with Gasteiger partial charge in [-0.15, -0.1) is 11.3 Å². The fourth-order valence-electron chi connectivity index (χ4n) is 1.69. The van der Waals surface area contributed by atoms with Gasteiger partial charge in [-0.25, -0.2) is 4.98 Å². The molecule has 2 heterocycles. The molecule has 5 nitrogen and oxygen atoms in total. The molecule has 18 heavy (non-hydrogen) atoms. The van der Waals surface area contributed by atoms with E-state index in [1.807, 2.05) is 5.38 Å². The average Bonchev–Trinajstić information content (AvgIpc) is 2.86. The summed E-state index contributed by atoms with van der Waals surface area (Å²) in [6.45, 7) is 6.57. The number of hydrogen-bond acceptors (Lipinski definition) is 5. The third-order valence-corrected chi connectivity index (χ3v) is 3.68.